The van der Waals surface area contributed by atoms with Crippen molar-refractivity contribution in [2.45, 2.75) is 26.4 Å². The zero-order chi connectivity index (χ0) is 10.4. The van der Waals surface area contributed by atoms with Crippen molar-refractivity contribution < 1.29 is 9.53 Å². The third-order valence-electron chi connectivity index (χ3n) is 1.71. The number of aromatic nitrogens is 1. The highest BCUT2D eigenvalue weighted by Gasteiger charge is 2.12. The van der Waals surface area contributed by atoms with Gasteiger partial charge in [-0.1, -0.05) is 0 Å². The van der Waals surface area contributed by atoms with E-state index in [-0.39, 0.29) is 12.0 Å². The molecule has 4 nitrogen and oxygen atoms in total. The van der Waals surface area contributed by atoms with Crippen molar-refractivity contribution in [1.82, 2.24) is 10.3 Å². The van der Waals surface area contributed by atoms with Gasteiger partial charge in [0.05, 0.1) is 12.1 Å². The highest BCUT2D eigenvalue weighted by atomic mass is 32.1. The maximum Gasteiger partial charge on any atom is 0.322 e. The van der Waals surface area contributed by atoms with Gasteiger partial charge in [-0.25, -0.2) is 0 Å². The van der Waals surface area contributed by atoms with Crippen LogP contribution in [0.1, 0.15) is 18.7 Å². The van der Waals surface area contributed by atoms with Gasteiger partial charge in [0, 0.05) is 17.6 Å². The second-order valence-electron chi connectivity index (χ2n) is 2.82. The molecule has 0 aliphatic rings. The minimum atomic E-state index is -0.267. The number of hydrogen-bond acceptors (Lipinski definition) is 5. The second-order valence-corrected chi connectivity index (χ2v) is 3.79. The molecule has 0 aliphatic heterocycles. The molecule has 0 aliphatic carbocycles. The Kier molecular flexibility index (Phi) is 4.55. The molecule has 0 saturated carbocycles. The fourth-order valence-electron chi connectivity index (χ4n) is 0.934. The van der Waals surface area contributed by atoms with Crippen molar-refractivity contribution in [3.8, 4) is 0 Å². The normalized spacial score (nSPS) is 12.4. The molecule has 0 saturated heterocycles. The molecule has 0 aromatic carbocycles. The van der Waals surface area contributed by atoms with Crippen LogP contribution in [0, 0.1) is 0 Å². The van der Waals surface area contributed by atoms with Crippen LogP contribution in [-0.2, 0) is 16.1 Å². The van der Waals surface area contributed by atoms with Gasteiger partial charge in [-0.05, 0) is 13.8 Å². The average molecular weight is 214 g/mol. The summed E-state index contributed by atoms with van der Waals surface area (Å²) in [6.07, 6.45) is 1.79. The Morgan fingerprint density at radius 2 is 2.57 bits per heavy atom. The Labute approximate surface area is 87.3 Å². The molecule has 1 aromatic rings. The summed E-state index contributed by atoms with van der Waals surface area (Å²) in [7, 11) is 0. The molecule has 1 atom stereocenters. The van der Waals surface area contributed by atoms with Crippen molar-refractivity contribution in [1.29, 1.82) is 0 Å². The van der Waals surface area contributed by atoms with Gasteiger partial charge < -0.3 is 4.74 Å². The van der Waals surface area contributed by atoms with Crippen LogP contribution in [0.5, 0.6) is 0 Å². The maximum atomic E-state index is 11.2. The van der Waals surface area contributed by atoms with Crippen LogP contribution >= 0.6 is 11.3 Å². The first-order chi connectivity index (χ1) is 6.74. The van der Waals surface area contributed by atoms with Gasteiger partial charge >= 0.3 is 5.97 Å². The van der Waals surface area contributed by atoms with Crippen molar-refractivity contribution >= 4 is 17.3 Å². The number of carbonyl (C=O) groups excluding carboxylic acids is 1. The SMILES string of the molecule is CCOC(=O)C(C)NCc1cncs1. The Bertz CT molecular complexity index is 274. The molecule has 1 N–H and O–H groups in total. The monoisotopic (exact) mass is 214 g/mol. The molecule has 0 radical (unpaired) electrons. The van der Waals surface area contributed by atoms with Crippen LogP contribution in [-0.4, -0.2) is 23.6 Å². The van der Waals surface area contributed by atoms with Gasteiger partial charge in [-0.2, -0.15) is 0 Å². The minimum absolute atomic E-state index is 0.211. The van der Waals surface area contributed by atoms with E-state index in [0.29, 0.717) is 13.2 Å². The fourth-order valence-corrected chi connectivity index (χ4v) is 1.48. The van der Waals surface area contributed by atoms with Crippen LogP contribution in [0.4, 0.5) is 0 Å². The molecule has 1 heterocycles. The highest BCUT2D eigenvalue weighted by Crippen LogP contribution is 2.04. The standard InChI is InChI=1S/C9H14N2O2S/c1-3-13-9(12)7(2)11-5-8-4-10-6-14-8/h4,6-7,11H,3,5H2,1-2H3. The molecule has 0 spiro atoms. The number of nitrogens with zero attached hydrogens (tertiary/aromatic N) is 1. The molecule has 78 valence electrons. The van der Waals surface area contributed by atoms with E-state index in [9.17, 15) is 4.79 Å². The zero-order valence-corrected chi connectivity index (χ0v) is 9.13. The first-order valence-electron chi connectivity index (χ1n) is 4.51. The van der Waals surface area contributed by atoms with Crippen LogP contribution in [0.15, 0.2) is 11.7 Å². The predicted molar refractivity (Wildman–Crippen MR) is 55.0 cm³/mol. The van der Waals surface area contributed by atoms with E-state index in [0.717, 1.165) is 4.88 Å². The zero-order valence-electron chi connectivity index (χ0n) is 8.32. The molecule has 1 aromatic heterocycles. The molecule has 0 fully saturated rings. The van der Waals surface area contributed by atoms with E-state index in [1.807, 2.05) is 0 Å². The summed E-state index contributed by atoms with van der Waals surface area (Å²) in [4.78, 5) is 16.3. The summed E-state index contributed by atoms with van der Waals surface area (Å²) in [5.41, 5.74) is 1.77. The summed E-state index contributed by atoms with van der Waals surface area (Å²) < 4.78 is 4.86. The molecular formula is C9H14N2O2S. The van der Waals surface area contributed by atoms with Crippen LogP contribution in [0.3, 0.4) is 0 Å². The van der Waals surface area contributed by atoms with Gasteiger partial charge in [0.15, 0.2) is 0 Å². The number of thiazole rings is 1. The number of carbonyl (C=O) groups is 1. The van der Waals surface area contributed by atoms with E-state index >= 15 is 0 Å². The first kappa shape index (κ1) is 11.1. The second kappa shape index (κ2) is 5.72. The molecular weight excluding hydrogens is 200 g/mol. The number of rotatable bonds is 5. The Hall–Kier alpha value is -0.940. The topological polar surface area (TPSA) is 51.2 Å². The van der Waals surface area contributed by atoms with Crippen molar-refractivity contribution in [3.05, 3.63) is 16.6 Å². The van der Waals surface area contributed by atoms with Crippen molar-refractivity contribution in [2.75, 3.05) is 6.61 Å². The van der Waals surface area contributed by atoms with Crippen LogP contribution < -0.4 is 5.32 Å². The molecule has 14 heavy (non-hydrogen) atoms. The lowest BCUT2D eigenvalue weighted by atomic mass is 10.3. The summed E-state index contributed by atoms with van der Waals surface area (Å²) >= 11 is 1.56. The van der Waals surface area contributed by atoms with E-state index in [4.69, 9.17) is 4.74 Å². The summed E-state index contributed by atoms with van der Waals surface area (Å²) in [5, 5.41) is 3.07. The lowest BCUT2D eigenvalue weighted by Gasteiger charge is -2.11. The molecule has 0 bridgehead atoms. The van der Waals surface area contributed by atoms with Gasteiger partial charge in [0.25, 0.3) is 0 Å². The highest BCUT2D eigenvalue weighted by molar-refractivity contribution is 7.09. The first-order valence-corrected chi connectivity index (χ1v) is 5.39. The molecule has 5 heteroatoms. The lowest BCUT2D eigenvalue weighted by molar-refractivity contribution is -0.145. The van der Waals surface area contributed by atoms with Crippen LogP contribution in [0.2, 0.25) is 0 Å². The average Bonchev–Trinajstić information content (AvgIpc) is 2.67. The van der Waals surface area contributed by atoms with E-state index in [1.165, 1.54) is 0 Å². The fraction of sp³-hybridized carbons (Fsp3) is 0.556. The van der Waals surface area contributed by atoms with Crippen molar-refractivity contribution in [2.24, 2.45) is 0 Å². The van der Waals surface area contributed by atoms with E-state index in [2.05, 4.69) is 10.3 Å². The van der Waals surface area contributed by atoms with Crippen LogP contribution in [0.25, 0.3) is 0 Å². The van der Waals surface area contributed by atoms with E-state index < -0.39 is 0 Å². The summed E-state index contributed by atoms with van der Waals surface area (Å²) in [5.74, 6) is -0.211. The van der Waals surface area contributed by atoms with Gasteiger partial charge in [-0.15, -0.1) is 11.3 Å². The van der Waals surface area contributed by atoms with Crippen molar-refractivity contribution in [3.63, 3.8) is 0 Å². The largest absolute Gasteiger partial charge is 0.465 e. The Morgan fingerprint density at radius 1 is 1.79 bits per heavy atom. The van der Waals surface area contributed by atoms with Gasteiger partial charge in [0.1, 0.15) is 6.04 Å². The number of ether oxygens (including phenoxy) is 1. The summed E-state index contributed by atoms with van der Waals surface area (Å²) in [6, 6.07) is -0.267. The molecule has 1 unspecified atom stereocenters. The number of hydrogen-bond donors (Lipinski definition) is 1. The number of esters is 1. The Morgan fingerprint density at radius 3 is 3.14 bits per heavy atom. The van der Waals surface area contributed by atoms with Gasteiger partial charge in [-0.3, -0.25) is 15.1 Å². The third-order valence-corrected chi connectivity index (χ3v) is 2.49. The predicted octanol–water partition coefficient (Wildman–Crippen LogP) is 1.18. The smallest absolute Gasteiger partial charge is 0.322 e. The molecule has 1 rings (SSSR count). The quantitative estimate of drug-likeness (QED) is 0.748. The Balaban J connectivity index is 2.27. The summed E-state index contributed by atoms with van der Waals surface area (Å²) in [6.45, 7) is 4.67. The maximum absolute atomic E-state index is 11.2. The van der Waals surface area contributed by atoms with E-state index in [1.54, 1.807) is 36.9 Å². The number of nitrogens with one attached hydrogen (secondary N) is 1. The lowest BCUT2D eigenvalue weighted by Crippen LogP contribution is -2.34. The minimum Gasteiger partial charge on any atom is -0.465 e. The third kappa shape index (κ3) is 3.43. The molecule has 0 amide bonds. The van der Waals surface area contributed by atoms with Gasteiger partial charge in [0.2, 0.25) is 0 Å².